The molecule has 0 spiro atoms. The number of alkyl halides is 1. The van der Waals surface area contributed by atoms with E-state index in [1.54, 1.807) is 11.3 Å². The summed E-state index contributed by atoms with van der Waals surface area (Å²) in [4.78, 5) is 4.36. The fraction of sp³-hybridized carbons (Fsp3) is 0.400. The molecule has 0 saturated heterocycles. The molecule has 0 fully saturated rings. The van der Waals surface area contributed by atoms with Gasteiger partial charge in [-0.1, -0.05) is 32.9 Å². The van der Waals surface area contributed by atoms with Gasteiger partial charge in [-0.2, -0.15) is 0 Å². The minimum Gasteiger partial charge on any atom is -0.486 e. The van der Waals surface area contributed by atoms with E-state index in [1.807, 2.05) is 17.5 Å². The highest BCUT2D eigenvalue weighted by Gasteiger charge is 2.13. The van der Waals surface area contributed by atoms with Crippen LogP contribution in [0.1, 0.15) is 37.0 Å². The Morgan fingerprint density at radius 3 is 2.42 bits per heavy atom. The summed E-state index contributed by atoms with van der Waals surface area (Å²) in [5.41, 5.74) is 2.38. The van der Waals surface area contributed by atoms with Gasteiger partial charge in [-0.05, 0) is 23.1 Å². The third kappa shape index (κ3) is 3.95. The zero-order valence-corrected chi connectivity index (χ0v) is 13.0. The van der Waals surface area contributed by atoms with Crippen molar-refractivity contribution in [3.8, 4) is 5.75 Å². The van der Waals surface area contributed by atoms with Gasteiger partial charge in [0.05, 0.1) is 11.6 Å². The summed E-state index contributed by atoms with van der Waals surface area (Å²) in [7, 11) is 0. The van der Waals surface area contributed by atoms with Crippen molar-refractivity contribution in [1.29, 1.82) is 0 Å². The lowest BCUT2D eigenvalue weighted by Crippen LogP contribution is -2.10. The molecule has 0 unspecified atom stereocenters. The molecule has 1 heterocycles. The number of hydrogen-bond donors (Lipinski definition) is 0. The van der Waals surface area contributed by atoms with Crippen molar-refractivity contribution in [2.75, 3.05) is 0 Å². The van der Waals surface area contributed by atoms with Gasteiger partial charge in [0.15, 0.2) is 0 Å². The molecule has 4 heteroatoms. The largest absolute Gasteiger partial charge is 0.486 e. The lowest BCUT2D eigenvalue weighted by molar-refractivity contribution is 0.305. The topological polar surface area (TPSA) is 22.1 Å². The summed E-state index contributed by atoms with van der Waals surface area (Å²) in [6, 6.07) is 8.25. The number of rotatable bonds is 4. The number of aromatic nitrogens is 1. The first-order valence-corrected chi connectivity index (χ1v) is 7.63. The molecule has 0 radical (unpaired) electrons. The van der Waals surface area contributed by atoms with Gasteiger partial charge in [0.2, 0.25) is 0 Å². The van der Waals surface area contributed by atoms with Crippen LogP contribution >= 0.6 is 22.9 Å². The van der Waals surface area contributed by atoms with Crippen LogP contribution in [0.25, 0.3) is 0 Å². The lowest BCUT2D eigenvalue weighted by Gasteiger charge is -2.19. The van der Waals surface area contributed by atoms with Crippen LogP contribution < -0.4 is 4.74 Å². The molecule has 0 amide bonds. The van der Waals surface area contributed by atoms with Gasteiger partial charge in [0, 0.05) is 5.38 Å². The number of halogens is 1. The minimum absolute atomic E-state index is 0.170. The number of hydrogen-bond acceptors (Lipinski definition) is 3. The van der Waals surface area contributed by atoms with Gasteiger partial charge < -0.3 is 4.74 Å². The van der Waals surface area contributed by atoms with Crippen molar-refractivity contribution in [1.82, 2.24) is 4.98 Å². The maximum absolute atomic E-state index is 5.72. The third-order valence-electron chi connectivity index (χ3n) is 2.82. The quantitative estimate of drug-likeness (QED) is 0.759. The summed E-state index contributed by atoms with van der Waals surface area (Å²) in [6.07, 6.45) is 0. The molecule has 2 nitrogen and oxygen atoms in total. The van der Waals surface area contributed by atoms with E-state index in [4.69, 9.17) is 16.3 Å². The molecule has 1 aromatic carbocycles. The molecular formula is C15H18ClNOS. The Balaban J connectivity index is 1.96. The minimum atomic E-state index is 0.170. The van der Waals surface area contributed by atoms with Gasteiger partial charge >= 0.3 is 0 Å². The smallest absolute Gasteiger partial charge is 0.140 e. The van der Waals surface area contributed by atoms with Crippen molar-refractivity contribution in [3.63, 3.8) is 0 Å². The van der Waals surface area contributed by atoms with Crippen LogP contribution in [-0.4, -0.2) is 4.98 Å². The van der Waals surface area contributed by atoms with E-state index in [0.717, 1.165) is 16.5 Å². The molecule has 1 aromatic heterocycles. The molecule has 0 bridgehead atoms. The van der Waals surface area contributed by atoms with Crippen molar-refractivity contribution in [2.24, 2.45) is 0 Å². The molecule has 0 aliphatic heterocycles. The molecule has 2 rings (SSSR count). The predicted octanol–water partition coefficient (Wildman–Crippen LogP) is 4.76. The van der Waals surface area contributed by atoms with Crippen molar-refractivity contribution in [3.05, 3.63) is 45.9 Å². The van der Waals surface area contributed by atoms with Crippen molar-refractivity contribution >= 4 is 22.9 Å². The summed E-state index contributed by atoms with van der Waals surface area (Å²) in [5, 5.41) is 2.92. The molecule has 2 aromatic rings. The Kier molecular flexibility index (Phi) is 4.48. The third-order valence-corrected chi connectivity index (χ3v) is 3.96. The fourth-order valence-electron chi connectivity index (χ4n) is 1.67. The maximum Gasteiger partial charge on any atom is 0.140 e. The summed E-state index contributed by atoms with van der Waals surface area (Å²) < 4.78 is 5.72. The maximum atomic E-state index is 5.72. The van der Waals surface area contributed by atoms with E-state index >= 15 is 0 Å². The predicted molar refractivity (Wildman–Crippen MR) is 81.1 cm³/mol. The van der Waals surface area contributed by atoms with E-state index in [0.29, 0.717) is 12.5 Å². The zero-order chi connectivity index (χ0) is 13.9. The second-order valence-electron chi connectivity index (χ2n) is 5.43. The Hall–Kier alpha value is -1.06. The highest BCUT2D eigenvalue weighted by Crippen LogP contribution is 2.24. The highest BCUT2D eigenvalue weighted by molar-refractivity contribution is 7.09. The van der Waals surface area contributed by atoms with Crippen LogP contribution in [-0.2, 0) is 17.9 Å². The average Bonchev–Trinajstić information content (AvgIpc) is 2.84. The van der Waals surface area contributed by atoms with E-state index < -0.39 is 0 Å². The first-order chi connectivity index (χ1) is 8.99. The number of ether oxygens (including phenoxy) is 1. The van der Waals surface area contributed by atoms with Gasteiger partial charge in [0.1, 0.15) is 17.4 Å². The number of benzene rings is 1. The standard InChI is InChI=1S/C15H18ClNOS/c1-15(2,3)11-4-6-13(7-5-11)18-9-14-17-12(8-16)10-19-14/h4-7,10H,8-9H2,1-3H3. The zero-order valence-electron chi connectivity index (χ0n) is 11.4. The van der Waals surface area contributed by atoms with E-state index in [2.05, 4.69) is 37.9 Å². The second kappa shape index (κ2) is 5.93. The average molecular weight is 296 g/mol. The molecule has 0 saturated carbocycles. The molecule has 0 aliphatic rings. The monoisotopic (exact) mass is 295 g/mol. The molecule has 0 aliphatic carbocycles. The highest BCUT2D eigenvalue weighted by atomic mass is 35.5. The first kappa shape index (κ1) is 14.4. The Morgan fingerprint density at radius 1 is 1.21 bits per heavy atom. The van der Waals surface area contributed by atoms with Crippen LogP contribution in [0, 0.1) is 0 Å². The van der Waals surface area contributed by atoms with Crippen LogP contribution in [0.2, 0.25) is 0 Å². The summed E-state index contributed by atoms with van der Waals surface area (Å²) in [5.74, 6) is 1.33. The van der Waals surface area contributed by atoms with Crippen LogP contribution in [0.15, 0.2) is 29.6 Å². The Labute approximate surface area is 123 Å². The van der Waals surface area contributed by atoms with Gasteiger partial charge in [0.25, 0.3) is 0 Å². The van der Waals surface area contributed by atoms with E-state index in [9.17, 15) is 0 Å². The van der Waals surface area contributed by atoms with Gasteiger partial charge in [-0.15, -0.1) is 22.9 Å². The van der Waals surface area contributed by atoms with Crippen molar-refractivity contribution < 1.29 is 4.74 Å². The summed E-state index contributed by atoms with van der Waals surface area (Å²) >= 11 is 7.30. The SMILES string of the molecule is CC(C)(C)c1ccc(OCc2nc(CCl)cs2)cc1. The lowest BCUT2D eigenvalue weighted by atomic mass is 9.87. The van der Waals surface area contributed by atoms with Crippen LogP contribution in [0.4, 0.5) is 0 Å². The molecule has 102 valence electrons. The summed E-state index contributed by atoms with van der Waals surface area (Å²) in [6.45, 7) is 7.10. The molecule has 0 atom stereocenters. The van der Waals surface area contributed by atoms with Crippen LogP contribution in [0.3, 0.4) is 0 Å². The van der Waals surface area contributed by atoms with Gasteiger partial charge in [-0.3, -0.25) is 0 Å². The molecule has 19 heavy (non-hydrogen) atoms. The normalized spacial score (nSPS) is 11.6. The van der Waals surface area contributed by atoms with Gasteiger partial charge in [-0.25, -0.2) is 4.98 Å². The van der Waals surface area contributed by atoms with Crippen LogP contribution in [0.5, 0.6) is 5.75 Å². The van der Waals surface area contributed by atoms with E-state index in [-0.39, 0.29) is 5.41 Å². The number of thiazole rings is 1. The number of nitrogens with zero attached hydrogens (tertiary/aromatic N) is 1. The Morgan fingerprint density at radius 2 is 1.89 bits per heavy atom. The second-order valence-corrected chi connectivity index (χ2v) is 6.64. The fourth-order valence-corrected chi connectivity index (χ4v) is 2.61. The Bertz CT molecular complexity index is 528. The first-order valence-electron chi connectivity index (χ1n) is 6.21. The molecule has 0 N–H and O–H groups in total. The van der Waals surface area contributed by atoms with E-state index in [1.165, 1.54) is 5.56 Å². The van der Waals surface area contributed by atoms with Crippen molar-refractivity contribution in [2.45, 2.75) is 38.7 Å². The molecular weight excluding hydrogens is 278 g/mol.